The number of nitrogens with zero attached hydrogens (tertiary/aromatic N) is 2. The zero-order chi connectivity index (χ0) is 17.0. The Morgan fingerprint density at radius 1 is 1.39 bits per heavy atom. The molecule has 1 heterocycles. The lowest BCUT2D eigenvalue weighted by molar-refractivity contribution is -0.136. The molecule has 124 valence electrons. The summed E-state index contributed by atoms with van der Waals surface area (Å²) in [4.78, 5) is 38.4. The van der Waals surface area contributed by atoms with Crippen LogP contribution in [0.3, 0.4) is 0 Å². The van der Waals surface area contributed by atoms with Crippen molar-refractivity contribution < 1.29 is 18.8 Å². The van der Waals surface area contributed by atoms with Crippen molar-refractivity contribution in [3.8, 4) is 0 Å². The Balaban J connectivity index is 1.95. The second-order valence-electron chi connectivity index (χ2n) is 5.59. The van der Waals surface area contributed by atoms with Crippen molar-refractivity contribution in [3.63, 3.8) is 0 Å². The van der Waals surface area contributed by atoms with Gasteiger partial charge in [-0.05, 0) is 24.1 Å². The maximum absolute atomic E-state index is 13.2. The average molecular weight is 321 g/mol. The number of carbonyl (C=O) groups excluding carboxylic acids is 3. The van der Waals surface area contributed by atoms with Crippen LogP contribution in [0.2, 0.25) is 0 Å². The second-order valence-corrected chi connectivity index (χ2v) is 5.59. The largest absolute Gasteiger partial charge is 0.340 e. The quantitative estimate of drug-likeness (QED) is 0.807. The molecular weight excluding hydrogens is 301 g/mol. The highest BCUT2D eigenvalue weighted by Crippen LogP contribution is 2.12. The number of imide groups is 1. The molecule has 1 aliphatic rings. The van der Waals surface area contributed by atoms with Gasteiger partial charge >= 0.3 is 6.03 Å². The van der Waals surface area contributed by atoms with Crippen LogP contribution in [0.4, 0.5) is 9.18 Å². The van der Waals surface area contributed by atoms with Gasteiger partial charge in [-0.1, -0.05) is 25.5 Å². The van der Waals surface area contributed by atoms with E-state index in [-0.39, 0.29) is 30.7 Å². The van der Waals surface area contributed by atoms with Crippen LogP contribution in [-0.4, -0.2) is 47.3 Å². The molecule has 6 nitrogen and oxygen atoms in total. The summed E-state index contributed by atoms with van der Waals surface area (Å²) in [6, 6.07) is 4.85. The summed E-state index contributed by atoms with van der Waals surface area (Å²) in [5.41, 5.74) is 0.641. The van der Waals surface area contributed by atoms with Crippen LogP contribution in [0.5, 0.6) is 0 Å². The van der Waals surface area contributed by atoms with Gasteiger partial charge < -0.3 is 10.2 Å². The van der Waals surface area contributed by atoms with Crippen molar-refractivity contribution in [1.82, 2.24) is 15.1 Å². The van der Waals surface area contributed by atoms with E-state index in [4.69, 9.17) is 0 Å². The summed E-state index contributed by atoms with van der Waals surface area (Å²) in [5, 5.41) is 2.57. The lowest BCUT2D eigenvalue weighted by Gasteiger charge is -2.20. The maximum Gasteiger partial charge on any atom is 0.325 e. The number of carbonyl (C=O) groups is 3. The molecular formula is C16H20FN3O3. The van der Waals surface area contributed by atoms with Gasteiger partial charge in [0.25, 0.3) is 5.91 Å². The lowest BCUT2D eigenvalue weighted by atomic mass is 10.1. The molecule has 1 saturated heterocycles. The number of amides is 4. The molecule has 23 heavy (non-hydrogen) atoms. The molecule has 1 aromatic carbocycles. The molecule has 4 amide bonds. The molecule has 2 rings (SSSR count). The van der Waals surface area contributed by atoms with Gasteiger partial charge in [-0.15, -0.1) is 0 Å². The Morgan fingerprint density at radius 2 is 2.13 bits per heavy atom. The maximum atomic E-state index is 13.2. The van der Waals surface area contributed by atoms with Crippen LogP contribution in [0, 0.1) is 5.82 Å². The molecule has 1 aromatic rings. The van der Waals surface area contributed by atoms with Crippen LogP contribution in [-0.2, 0) is 16.1 Å². The summed E-state index contributed by atoms with van der Waals surface area (Å²) in [6.07, 6.45) is 1.31. The Morgan fingerprint density at radius 3 is 2.78 bits per heavy atom. The first-order valence-electron chi connectivity index (χ1n) is 7.52. The molecule has 1 N–H and O–H groups in total. The third-order valence-electron chi connectivity index (χ3n) is 3.71. The molecule has 7 heteroatoms. The highest BCUT2D eigenvalue weighted by molar-refractivity contribution is 6.06. The van der Waals surface area contributed by atoms with E-state index in [9.17, 15) is 18.8 Å². The van der Waals surface area contributed by atoms with Crippen LogP contribution in [0.15, 0.2) is 24.3 Å². The zero-order valence-electron chi connectivity index (χ0n) is 13.2. The van der Waals surface area contributed by atoms with Gasteiger partial charge in [-0.2, -0.15) is 0 Å². The van der Waals surface area contributed by atoms with E-state index in [0.717, 1.165) is 11.3 Å². The van der Waals surface area contributed by atoms with Crippen molar-refractivity contribution in [2.75, 3.05) is 13.6 Å². The van der Waals surface area contributed by atoms with Gasteiger partial charge in [-0.25, -0.2) is 9.18 Å². The van der Waals surface area contributed by atoms with Gasteiger partial charge in [0, 0.05) is 13.6 Å². The topological polar surface area (TPSA) is 69.7 Å². The first-order chi connectivity index (χ1) is 10.9. The molecule has 0 aromatic heterocycles. The molecule has 0 spiro atoms. The van der Waals surface area contributed by atoms with E-state index < -0.39 is 12.1 Å². The Bertz CT molecular complexity index is 620. The fourth-order valence-electron chi connectivity index (χ4n) is 2.46. The molecule has 1 atom stereocenters. The summed E-state index contributed by atoms with van der Waals surface area (Å²) in [7, 11) is 1.55. The molecule has 0 saturated carbocycles. The molecule has 0 radical (unpaired) electrons. The summed E-state index contributed by atoms with van der Waals surface area (Å²) in [5.74, 6) is -1.13. The van der Waals surface area contributed by atoms with E-state index in [2.05, 4.69) is 5.32 Å². The van der Waals surface area contributed by atoms with Gasteiger partial charge in [0.2, 0.25) is 5.91 Å². The van der Waals surface area contributed by atoms with Crippen molar-refractivity contribution in [2.45, 2.75) is 32.4 Å². The summed E-state index contributed by atoms with van der Waals surface area (Å²) >= 11 is 0. The standard InChI is InChI=1S/C16H20FN3O3/c1-3-5-13-15(22)20(16(23)18-13)10-14(21)19(2)9-11-6-4-7-12(17)8-11/h4,6-8,13H,3,5,9-10H2,1-2H3,(H,18,23)/t13-/m0/s1. The third kappa shape index (κ3) is 4.06. The molecule has 1 aliphatic heterocycles. The predicted molar refractivity (Wildman–Crippen MR) is 81.8 cm³/mol. The van der Waals surface area contributed by atoms with E-state index >= 15 is 0 Å². The van der Waals surface area contributed by atoms with Crippen molar-refractivity contribution in [1.29, 1.82) is 0 Å². The molecule has 1 fully saturated rings. The fraction of sp³-hybridized carbons (Fsp3) is 0.438. The third-order valence-corrected chi connectivity index (χ3v) is 3.71. The monoisotopic (exact) mass is 321 g/mol. The second kappa shape index (κ2) is 7.21. The minimum absolute atomic E-state index is 0.207. The number of nitrogens with one attached hydrogen (secondary N) is 1. The Kier molecular flexibility index (Phi) is 5.31. The van der Waals surface area contributed by atoms with Crippen molar-refractivity contribution in [3.05, 3.63) is 35.6 Å². The Hall–Kier alpha value is -2.44. The minimum atomic E-state index is -0.547. The highest BCUT2D eigenvalue weighted by Gasteiger charge is 2.38. The zero-order valence-corrected chi connectivity index (χ0v) is 13.2. The minimum Gasteiger partial charge on any atom is -0.340 e. The Labute approximate surface area is 134 Å². The molecule has 0 bridgehead atoms. The smallest absolute Gasteiger partial charge is 0.325 e. The van der Waals surface area contributed by atoms with Crippen LogP contribution in [0.25, 0.3) is 0 Å². The van der Waals surface area contributed by atoms with Crippen molar-refractivity contribution >= 4 is 17.8 Å². The molecule has 0 aliphatic carbocycles. The van der Waals surface area contributed by atoms with Crippen LogP contribution >= 0.6 is 0 Å². The number of benzene rings is 1. The van der Waals surface area contributed by atoms with Crippen molar-refractivity contribution in [2.24, 2.45) is 0 Å². The van der Waals surface area contributed by atoms with E-state index in [1.165, 1.54) is 17.0 Å². The first-order valence-corrected chi connectivity index (χ1v) is 7.52. The number of halogens is 1. The van der Waals surface area contributed by atoms with Crippen LogP contribution in [0.1, 0.15) is 25.3 Å². The van der Waals surface area contributed by atoms with Gasteiger partial charge in [0.05, 0.1) is 0 Å². The van der Waals surface area contributed by atoms with E-state index in [1.54, 1.807) is 19.2 Å². The lowest BCUT2D eigenvalue weighted by Crippen LogP contribution is -2.41. The van der Waals surface area contributed by atoms with E-state index in [1.807, 2.05) is 6.92 Å². The summed E-state index contributed by atoms with van der Waals surface area (Å²) < 4.78 is 13.2. The SMILES string of the molecule is CCC[C@@H]1NC(=O)N(CC(=O)N(C)Cc2cccc(F)c2)C1=O. The molecule has 0 unspecified atom stereocenters. The first kappa shape index (κ1) is 16.9. The number of rotatable bonds is 6. The highest BCUT2D eigenvalue weighted by atomic mass is 19.1. The number of hydrogen-bond donors (Lipinski definition) is 1. The van der Waals surface area contributed by atoms with Gasteiger partial charge in [0.15, 0.2) is 0 Å². The summed E-state index contributed by atoms with van der Waals surface area (Å²) in [6.45, 7) is 1.81. The normalized spacial score (nSPS) is 17.3. The average Bonchev–Trinajstić information content (AvgIpc) is 2.75. The van der Waals surface area contributed by atoms with Crippen LogP contribution < -0.4 is 5.32 Å². The predicted octanol–water partition coefficient (Wildman–Crippen LogP) is 1.50. The van der Waals surface area contributed by atoms with Gasteiger partial charge in [0.1, 0.15) is 18.4 Å². The number of hydrogen-bond acceptors (Lipinski definition) is 3. The number of likely N-dealkylation sites (N-methyl/N-ethyl adjacent to an activating group) is 1. The fourth-order valence-corrected chi connectivity index (χ4v) is 2.46. The number of urea groups is 1. The van der Waals surface area contributed by atoms with Gasteiger partial charge in [-0.3, -0.25) is 14.5 Å². The van der Waals surface area contributed by atoms with E-state index in [0.29, 0.717) is 12.0 Å².